The highest BCUT2D eigenvalue weighted by molar-refractivity contribution is 6.01. The van der Waals surface area contributed by atoms with Gasteiger partial charge in [0, 0.05) is 85.6 Å². The van der Waals surface area contributed by atoms with Gasteiger partial charge in [0.25, 0.3) is 0 Å². The van der Waals surface area contributed by atoms with Gasteiger partial charge in [0.15, 0.2) is 11.6 Å². The summed E-state index contributed by atoms with van der Waals surface area (Å²) in [7, 11) is 0. The van der Waals surface area contributed by atoms with Crippen LogP contribution in [-0.2, 0) is 9.59 Å². The van der Waals surface area contributed by atoms with Gasteiger partial charge in [-0.3, -0.25) is 24.5 Å². The molecule has 1 unspecified atom stereocenters. The molecule has 2 amide bonds. The molecule has 4 N–H and O–H groups in total. The lowest BCUT2D eigenvalue weighted by Gasteiger charge is -2.49. The second kappa shape index (κ2) is 16.8. The first-order valence-electron chi connectivity index (χ1n) is 20.8. The molecule has 3 aromatic heterocycles. The predicted octanol–water partition coefficient (Wildman–Crippen LogP) is 4.84. The normalized spacial score (nSPS) is 20.6. The van der Waals surface area contributed by atoms with Gasteiger partial charge in [-0.05, 0) is 107 Å². The largest absolute Gasteiger partial charge is 0.482 e. The first-order chi connectivity index (χ1) is 28.7. The molecule has 0 saturated carbocycles. The van der Waals surface area contributed by atoms with Gasteiger partial charge in [-0.25, -0.2) is 9.37 Å². The van der Waals surface area contributed by atoms with Crippen LogP contribution in [0, 0.1) is 11.7 Å². The number of anilines is 3. The summed E-state index contributed by atoms with van der Waals surface area (Å²) in [4.78, 5) is 37.2. The van der Waals surface area contributed by atoms with Crippen molar-refractivity contribution >= 4 is 29.0 Å². The van der Waals surface area contributed by atoms with Crippen molar-refractivity contribution in [2.45, 2.75) is 69.7 Å². The predicted molar refractivity (Wildman–Crippen MR) is 221 cm³/mol. The smallest absolute Gasteiger partial charge is 0.249 e. The molecule has 308 valence electrons. The van der Waals surface area contributed by atoms with Crippen LogP contribution < -0.4 is 26.0 Å². The second-order valence-electron chi connectivity index (χ2n) is 16.4. The lowest BCUT2D eigenvalue weighted by molar-refractivity contribution is -0.133. The van der Waals surface area contributed by atoms with Crippen molar-refractivity contribution in [2.24, 2.45) is 5.92 Å². The zero-order chi connectivity index (χ0) is 40.5. The third-order valence-electron chi connectivity index (χ3n) is 12.5. The number of hydrogen-bond donors (Lipinski definition) is 3. The van der Waals surface area contributed by atoms with Crippen LogP contribution in [0.15, 0.2) is 79.5 Å². The van der Waals surface area contributed by atoms with Gasteiger partial charge >= 0.3 is 0 Å². The Kier molecular flexibility index (Phi) is 11.0. The Morgan fingerprint density at radius 1 is 0.898 bits per heavy atom. The Balaban J connectivity index is 0.715. The number of aromatic nitrogens is 6. The highest BCUT2D eigenvalue weighted by Crippen LogP contribution is 2.34. The number of nitrogens with one attached hydrogen (secondary N) is 2. The third-order valence-corrected chi connectivity index (χ3v) is 12.5. The summed E-state index contributed by atoms with van der Waals surface area (Å²) in [5.41, 5.74) is 11.3. The molecule has 4 saturated heterocycles. The van der Waals surface area contributed by atoms with E-state index in [4.69, 9.17) is 15.6 Å². The Bertz CT molecular complexity index is 2240. The number of carbonyl (C=O) groups excluding carboxylic acids is 2. The number of pyridine rings is 1. The minimum atomic E-state index is -0.559. The first-order valence-corrected chi connectivity index (χ1v) is 20.8. The van der Waals surface area contributed by atoms with Crippen molar-refractivity contribution in [1.82, 2.24) is 44.9 Å². The molecular formula is C43H51FN12O3. The van der Waals surface area contributed by atoms with Crippen molar-refractivity contribution in [2.75, 3.05) is 61.8 Å². The molecule has 0 aliphatic carbocycles. The van der Waals surface area contributed by atoms with Gasteiger partial charge < -0.3 is 25.6 Å². The van der Waals surface area contributed by atoms with Gasteiger partial charge in [-0.2, -0.15) is 20.1 Å². The zero-order valence-corrected chi connectivity index (χ0v) is 33.3. The fourth-order valence-corrected chi connectivity index (χ4v) is 8.95. The Labute approximate surface area is 342 Å². The fraction of sp³-hybridized carbons (Fsp3) is 0.442. The molecule has 5 aromatic rings. The minimum Gasteiger partial charge on any atom is -0.482 e. The molecule has 4 aliphatic heterocycles. The molecule has 2 aromatic carbocycles. The van der Waals surface area contributed by atoms with Crippen LogP contribution in [0.1, 0.15) is 63.2 Å². The molecule has 59 heavy (non-hydrogen) atoms. The highest BCUT2D eigenvalue weighted by atomic mass is 19.1. The van der Waals surface area contributed by atoms with E-state index in [0.717, 1.165) is 81.4 Å². The SMILES string of the molecule is C[C@@H](Oc1cc(-c2cnn(C3CCN(CC4CCN(C5CN(c6ccc(NC7CCC(=O)NC7=O)cc6)C5)CC4)CC3)c2)cnc1N)c1cc(F)ccc1-n1nccn1. The third kappa shape index (κ3) is 8.64. The van der Waals surface area contributed by atoms with Crippen molar-refractivity contribution in [3.63, 3.8) is 0 Å². The number of ether oxygens (including phenoxy) is 1. The van der Waals surface area contributed by atoms with Crippen LogP contribution in [-0.4, -0.2) is 109 Å². The molecule has 16 heteroatoms. The van der Waals surface area contributed by atoms with Crippen LogP contribution in [0.25, 0.3) is 16.8 Å². The van der Waals surface area contributed by atoms with E-state index in [9.17, 15) is 14.0 Å². The average molecular weight is 803 g/mol. The molecule has 0 spiro atoms. The summed E-state index contributed by atoms with van der Waals surface area (Å²) in [6.07, 6.45) is 13.7. The van der Waals surface area contributed by atoms with E-state index in [1.807, 2.05) is 31.3 Å². The highest BCUT2D eigenvalue weighted by Gasteiger charge is 2.35. The summed E-state index contributed by atoms with van der Waals surface area (Å²) < 4.78 is 22.7. The number of hydrogen-bond acceptors (Lipinski definition) is 12. The lowest BCUT2D eigenvalue weighted by atomic mass is 9.92. The number of carbonyl (C=O) groups is 2. The number of halogens is 1. The fourth-order valence-electron chi connectivity index (χ4n) is 8.95. The van der Waals surface area contributed by atoms with Crippen LogP contribution >= 0.6 is 0 Å². The first kappa shape index (κ1) is 38.6. The monoisotopic (exact) mass is 802 g/mol. The molecule has 2 atom stereocenters. The summed E-state index contributed by atoms with van der Waals surface area (Å²) >= 11 is 0. The summed E-state index contributed by atoms with van der Waals surface area (Å²) in [6, 6.07) is 15.1. The van der Waals surface area contributed by atoms with E-state index in [2.05, 4.69) is 63.5 Å². The molecule has 0 bridgehead atoms. The van der Waals surface area contributed by atoms with E-state index < -0.39 is 6.10 Å². The number of nitrogen functional groups attached to an aromatic ring is 1. The van der Waals surface area contributed by atoms with Crippen LogP contribution in [0.2, 0.25) is 0 Å². The van der Waals surface area contributed by atoms with E-state index in [0.29, 0.717) is 41.9 Å². The number of amides is 2. The Morgan fingerprint density at radius 2 is 1.66 bits per heavy atom. The van der Waals surface area contributed by atoms with Gasteiger partial charge in [-0.15, -0.1) is 0 Å². The van der Waals surface area contributed by atoms with Gasteiger partial charge in [-0.1, -0.05) is 0 Å². The lowest BCUT2D eigenvalue weighted by Crippen LogP contribution is -2.61. The number of likely N-dealkylation sites (tertiary alicyclic amines) is 2. The van der Waals surface area contributed by atoms with E-state index >= 15 is 0 Å². The van der Waals surface area contributed by atoms with Gasteiger partial charge in [0.1, 0.15) is 18.0 Å². The number of rotatable bonds is 12. The second-order valence-corrected chi connectivity index (χ2v) is 16.4. The maximum Gasteiger partial charge on any atom is 0.249 e. The number of imide groups is 1. The molecule has 9 rings (SSSR count). The van der Waals surface area contributed by atoms with Crippen molar-refractivity contribution < 1.29 is 18.7 Å². The quantitative estimate of drug-likeness (QED) is 0.147. The van der Waals surface area contributed by atoms with Crippen molar-refractivity contribution in [3.8, 4) is 22.6 Å². The number of piperidine rings is 3. The molecule has 15 nitrogen and oxygen atoms in total. The van der Waals surface area contributed by atoms with E-state index in [1.54, 1.807) is 24.7 Å². The molecule has 4 aliphatic rings. The molecule has 4 fully saturated rings. The topological polar surface area (TPSA) is 165 Å². The number of nitrogens with zero attached hydrogens (tertiary/aromatic N) is 9. The number of nitrogens with two attached hydrogens (primary N) is 1. The van der Waals surface area contributed by atoms with E-state index in [-0.39, 0.29) is 29.5 Å². The van der Waals surface area contributed by atoms with Gasteiger partial charge in [0.05, 0.1) is 30.3 Å². The summed E-state index contributed by atoms with van der Waals surface area (Å²) in [5.74, 6) is 0.550. The zero-order valence-electron chi connectivity index (χ0n) is 33.3. The van der Waals surface area contributed by atoms with Crippen LogP contribution in [0.4, 0.5) is 21.6 Å². The standard InChI is InChI=1S/C43H51FN12O3/c1-28(37-21-32(44)2-8-39(37)56-47-14-15-48-56)59-40-20-30(22-46-42(40)45)31-23-49-55(25-31)35-12-16-52(17-13-35)24-29-10-18-53(19-11-29)36-26-54(27-36)34-5-3-33(4-6-34)50-38-7-9-41(57)51-43(38)58/h2-6,8,14-15,20-23,25,28-29,35-36,38,50H,7,9-13,16-19,24,26-27H2,1H3,(H2,45,46)(H,51,57,58)/t28-,38?/m1/s1. The van der Waals surface area contributed by atoms with Crippen molar-refractivity contribution in [1.29, 1.82) is 0 Å². The summed E-state index contributed by atoms with van der Waals surface area (Å²) in [6.45, 7) is 9.52. The summed E-state index contributed by atoms with van der Waals surface area (Å²) in [5, 5.41) is 18.9. The van der Waals surface area contributed by atoms with Crippen LogP contribution in [0.5, 0.6) is 5.75 Å². The minimum absolute atomic E-state index is 0.201. The molecule has 0 radical (unpaired) electrons. The Morgan fingerprint density at radius 3 is 2.41 bits per heavy atom. The molecular weight excluding hydrogens is 752 g/mol. The van der Waals surface area contributed by atoms with Gasteiger partial charge in [0.2, 0.25) is 11.8 Å². The maximum atomic E-state index is 14.3. The number of benzene rings is 2. The average Bonchev–Trinajstić information content (AvgIpc) is 3.95. The molecule has 7 heterocycles. The van der Waals surface area contributed by atoms with E-state index in [1.165, 1.54) is 35.5 Å². The van der Waals surface area contributed by atoms with Crippen molar-refractivity contribution in [3.05, 3.63) is 90.9 Å². The maximum absolute atomic E-state index is 14.3. The van der Waals surface area contributed by atoms with Crippen LogP contribution in [0.3, 0.4) is 0 Å². The Hall–Kier alpha value is -5.87.